The lowest BCUT2D eigenvalue weighted by molar-refractivity contribution is 0.0690. The second-order valence-corrected chi connectivity index (χ2v) is 4.97. The van der Waals surface area contributed by atoms with Gasteiger partial charge in [-0.15, -0.1) is 11.3 Å². The third-order valence-corrected chi connectivity index (χ3v) is 3.60. The van der Waals surface area contributed by atoms with E-state index in [-0.39, 0.29) is 5.69 Å². The molecule has 3 aromatic rings. The fourth-order valence-electron chi connectivity index (χ4n) is 1.94. The fourth-order valence-corrected chi connectivity index (χ4v) is 2.66. The zero-order valence-corrected chi connectivity index (χ0v) is 10.4. The number of hydrogen-bond acceptors (Lipinski definition) is 3. The van der Waals surface area contributed by atoms with E-state index in [9.17, 15) is 9.90 Å². The average molecular weight is 258 g/mol. The highest BCUT2D eigenvalue weighted by molar-refractivity contribution is 7.13. The number of carboxylic acid groups (broad SMARTS) is 1. The van der Waals surface area contributed by atoms with E-state index < -0.39 is 5.97 Å². The van der Waals surface area contributed by atoms with Gasteiger partial charge in [-0.2, -0.15) is 0 Å². The van der Waals surface area contributed by atoms with Gasteiger partial charge in [0.25, 0.3) is 0 Å². The Morgan fingerprint density at radius 1 is 1.39 bits per heavy atom. The minimum Gasteiger partial charge on any atom is -0.476 e. The number of aromatic carboxylic acids is 1. The fraction of sp³-hybridized carbons (Fsp3) is 0.0769. The molecule has 0 aromatic carbocycles. The maximum atomic E-state index is 11.4. The summed E-state index contributed by atoms with van der Waals surface area (Å²) in [6, 6.07) is 7.53. The maximum absolute atomic E-state index is 11.4. The van der Waals surface area contributed by atoms with Crippen LogP contribution in [0.1, 0.15) is 16.1 Å². The molecule has 3 aromatic heterocycles. The third-order valence-electron chi connectivity index (χ3n) is 2.72. The summed E-state index contributed by atoms with van der Waals surface area (Å²) in [5.74, 6) is -0.962. The first-order valence-electron chi connectivity index (χ1n) is 5.42. The molecule has 0 radical (unpaired) electrons. The molecule has 0 unspecified atom stereocenters. The molecule has 90 valence electrons. The van der Waals surface area contributed by atoms with Crippen molar-refractivity contribution in [1.82, 2.24) is 9.38 Å². The van der Waals surface area contributed by atoms with Gasteiger partial charge in [0.2, 0.25) is 0 Å². The predicted octanol–water partition coefficient (Wildman–Crippen LogP) is 3.07. The Kier molecular flexibility index (Phi) is 2.41. The van der Waals surface area contributed by atoms with Crippen molar-refractivity contribution < 1.29 is 9.90 Å². The highest BCUT2D eigenvalue weighted by Crippen LogP contribution is 2.28. The zero-order valence-electron chi connectivity index (χ0n) is 9.62. The van der Waals surface area contributed by atoms with Gasteiger partial charge in [0, 0.05) is 6.20 Å². The van der Waals surface area contributed by atoms with Gasteiger partial charge >= 0.3 is 5.97 Å². The maximum Gasteiger partial charge on any atom is 0.355 e. The van der Waals surface area contributed by atoms with Gasteiger partial charge in [-0.1, -0.05) is 12.1 Å². The number of aromatic nitrogens is 2. The number of imidazole rings is 1. The van der Waals surface area contributed by atoms with Crippen molar-refractivity contribution in [3.05, 3.63) is 47.1 Å². The molecule has 0 aliphatic rings. The third kappa shape index (κ3) is 1.60. The molecule has 0 amide bonds. The molecule has 18 heavy (non-hydrogen) atoms. The molecule has 5 heteroatoms. The standard InChI is InChI=1S/C13H10N2O2S/c1-8-4-5-10-14-11(9-3-2-6-18-9)12(13(16)17)15(10)7-8/h2-7H,1H3,(H,16,17). The molecule has 0 bridgehead atoms. The molecule has 0 atom stereocenters. The van der Waals surface area contributed by atoms with Crippen LogP contribution in [-0.2, 0) is 0 Å². The molecule has 3 rings (SSSR count). The van der Waals surface area contributed by atoms with Crippen LogP contribution in [0.3, 0.4) is 0 Å². The lowest BCUT2D eigenvalue weighted by atomic mass is 10.2. The second kappa shape index (κ2) is 3.96. The molecular formula is C13H10N2O2S. The number of hydrogen-bond donors (Lipinski definition) is 1. The van der Waals surface area contributed by atoms with Gasteiger partial charge in [-0.3, -0.25) is 4.40 Å². The van der Waals surface area contributed by atoms with E-state index in [1.807, 2.05) is 36.6 Å². The summed E-state index contributed by atoms with van der Waals surface area (Å²) in [4.78, 5) is 16.7. The summed E-state index contributed by atoms with van der Waals surface area (Å²) in [5, 5.41) is 11.3. The van der Waals surface area contributed by atoms with Crippen molar-refractivity contribution in [2.45, 2.75) is 6.92 Å². The summed E-state index contributed by atoms with van der Waals surface area (Å²) >= 11 is 1.49. The van der Waals surface area contributed by atoms with Crippen molar-refractivity contribution in [2.75, 3.05) is 0 Å². The van der Waals surface area contributed by atoms with E-state index in [1.165, 1.54) is 11.3 Å². The minimum atomic E-state index is -0.962. The van der Waals surface area contributed by atoms with E-state index >= 15 is 0 Å². The predicted molar refractivity (Wildman–Crippen MR) is 70.2 cm³/mol. The minimum absolute atomic E-state index is 0.219. The number of pyridine rings is 1. The molecule has 0 aliphatic carbocycles. The topological polar surface area (TPSA) is 54.6 Å². The molecular weight excluding hydrogens is 248 g/mol. The quantitative estimate of drug-likeness (QED) is 0.768. The summed E-state index contributed by atoms with van der Waals surface area (Å²) in [7, 11) is 0. The number of thiophene rings is 1. The van der Waals surface area contributed by atoms with Crippen molar-refractivity contribution in [2.24, 2.45) is 0 Å². The van der Waals surface area contributed by atoms with Gasteiger partial charge in [-0.05, 0) is 30.0 Å². The Hall–Kier alpha value is -2.14. The largest absolute Gasteiger partial charge is 0.476 e. The lowest BCUT2D eigenvalue weighted by Gasteiger charge is -1.99. The first kappa shape index (κ1) is 11.0. The Bertz CT molecular complexity index is 729. The number of carbonyl (C=O) groups is 1. The van der Waals surface area contributed by atoms with Crippen molar-refractivity contribution in [3.63, 3.8) is 0 Å². The first-order valence-corrected chi connectivity index (χ1v) is 6.30. The van der Waals surface area contributed by atoms with Crippen LogP contribution in [0.25, 0.3) is 16.2 Å². The van der Waals surface area contributed by atoms with Crippen LogP contribution < -0.4 is 0 Å². The molecule has 0 saturated heterocycles. The number of aryl methyl sites for hydroxylation is 1. The first-order chi connectivity index (χ1) is 8.66. The van der Waals surface area contributed by atoms with Crippen LogP contribution in [0.15, 0.2) is 35.8 Å². The number of fused-ring (bicyclic) bond motifs is 1. The zero-order chi connectivity index (χ0) is 12.7. The Morgan fingerprint density at radius 2 is 2.22 bits per heavy atom. The van der Waals surface area contributed by atoms with E-state index in [4.69, 9.17) is 0 Å². The summed E-state index contributed by atoms with van der Waals surface area (Å²) in [6.45, 7) is 1.93. The molecule has 3 heterocycles. The Morgan fingerprint density at radius 3 is 2.89 bits per heavy atom. The number of nitrogens with zero attached hydrogens (tertiary/aromatic N) is 2. The molecule has 0 saturated carbocycles. The number of carboxylic acids is 1. The molecule has 0 fully saturated rings. The number of rotatable bonds is 2. The van der Waals surface area contributed by atoms with E-state index in [1.54, 1.807) is 10.6 Å². The Balaban J connectivity index is 2.38. The molecule has 0 spiro atoms. The molecule has 1 N–H and O–H groups in total. The summed E-state index contributed by atoms with van der Waals surface area (Å²) in [5.41, 5.74) is 2.40. The summed E-state index contributed by atoms with van der Waals surface area (Å²) < 4.78 is 1.63. The second-order valence-electron chi connectivity index (χ2n) is 4.03. The van der Waals surface area contributed by atoms with Crippen LogP contribution >= 0.6 is 11.3 Å². The van der Waals surface area contributed by atoms with Gasteiger partial charge in [-0.25, -0.2) is 9.78 Å². The highest BCUT2D eigenvalue weighted by Gasteiger charge is 2.20. The molecule has 4 nitrogen and oxygen atoms in total. The van der Waals surface area contributed by atoms with Crippen LogP contribution in [-0.4, -0.2) is 20.5 Å². The molecule has 0 aliphatic heterocycles. The highest BCUT2D eigenvalue weighted by atomic mass is 32.1. The smallest absolute Gasteiger partial charge is 0.355 e. The van der Waals surface area contributed by atoms with E-state index in [0.717, 1.165) is 10.4 Å². The van der Waals surface area contributed by atoms with Crippen molar-refractivity contribution >= 4 is 23.0 Å². The van der Waals surface area contributed by atoms with Crippen molar-refractivity contribution in [3.8, 4) is 10.6 Å². The summed E-state index contributed by atoms with van der Waals surface area (Å²) in [6.07, 6.45) is 1.79. The van der Waals surface area contributed by atoms with Gasteiger partial charge in [0.1, 0.15) is 11.3 Å². The Labute approximate surface area is 107 Å². The normalized spacial score (nSPS) is 10.9. The van der Waals surface area contributed by atoms with Gasteiger partial charge < -0.3 is 5.11 Å². The van der Waals surface area contributed by atoms with E-state index in [2.05, 4.69) is 4.98 Å². The van der Waals surface area contributed by atoms with Crippen LogP contribution in [0, 0.1) is 6.92 Å². The monoisotopic (exact) mass is 258 g/mol. The van der Waals surface area contributed by atoms with Crippen molar-refractivity contribution in [1.29, 1.82) is 0 Å². The average Bonchev–Trinajstić information content (AvgIpc) is 2.94. The van der Waals surface area contributed by atoms with Crippen LogP contribution in [0.4, 0.5) is 0 Å². The lowest BCUT2D eigenvalue weighted by Crippen LogP contribution is -2.03. The van der Waals surface area contributed by atoms with E-state index in [0.29, 0.717) is 11.3 Å². The van der Waals surface area contributed by atoms with Crippen LogP contribution in [0.5, 0.6) is 0 Å². The van der Waals surface area contributed by atoms with Gasteiger partial charge in [0.05, 0.1) is 4.88 Å². The van der Waals surface area contributed by atoms with Gasteiger partial charge in [0.15, 0.2) is 5.69 Å². The SMILES string of the molecule is Cc1ccc2nc(-c3cccs3)c(C(=O)O)n2c1. The van der Waals surface area contributed by atoms with Crippen LogP contribution in [0.2, 0.25) is 0 Å².